The summed E-state index contributed by atoms with van der Waals surface area (Å²) in [5.74, 6) is 0.300. The van der Waals surface area contributed by atoms with Gasteiger partial charge in [-0.15, -0.1) is 11.3 Å². The summed E-state index contributed by atoms with van der Waals surface area (Å²) in [5, 5.41) is 10.1. The van der Waals surface area contributed by atoms with Crippen LogP contribution in [0.5, 0.6) is 0 Å². The van der Waals surface area contributed by atoms with E-state index in [0.29, 0.717) is 15.8 Å². The summed E-state index contributed by atoms with van der Waals surface area (Å²) in [4.78, 5) is 31.7. The van der Waals surface area contributed by atoms with E-state index in [1.54, 1.807) is 6.20 Å². The standard InChI is InChI=1S/C24H31ClN4O2S/c1-14-19(12-17(25)13-26-14)27-15(2)21-9-10-22(32-21)24(31)29-20(11-16-5-3-4-6-16)23(30)28-18-7-8-18/h9-10,12-13,15-16,18,20,27H,3-8,11H2,1-2H3,(H,28,30)(H,29,31)/t15?,20-/m0/s1. The van der Waals surface area contributed by atoms with Gasteiger partial charge in [0.25, 0.3) is 5.91 Å². The molecule has 2 heterocycles. The first kappa shape index (κ1) is 23.1. The van der Waals surface area contributed by atoms with Crippen molar-refractivity contribution in [1.29, 1.82) is 0 Å². The summed E-state index contributed by atoms with van der Waals surface area (Å²) < 4.78 is 0. The number of nitrogens with one attached hydrogen (secondary N) is 3. The number of thiophene rings is 1. The fraction of sp³-hybridized carbons (Fsp3) is 0.542. The number of amides is 2. The average molecular weight is 475 g/mol. The molecule has 2 aromatic heterocycles. The molecule has 0 bridgehead atoms. The first-order valence-electron chi connectivity index (χ1n) is 11.5. The Balaban J connectivity index is 1.40. The molecule has 1 unspecified atom stereocenters. The molecule has 0 aromatic carbocycles. The Morgan fingerprint density at radius 1 is 1.22 bits per heavy atom. The zero-order valence-electron chi connectivity index (χ0n) is 18.6. The van der Waals surface area contributed by atoms with Gasteiger partial charge in [-0.05, 0) is 57.2 Å². The number of carbonyl (C=O) groups is 2. The van der Waals surface area contributed by atoms with Crippen molar-refractivity contribution >= 4 is 40.4 Å². The lowest BCUT2D eigenvalue weighted by Gasteiger charge is -2.21. The number of anilines is 1. The molecule has 6 nitrogen and oxygen atoms in total. The number of rotatable bonds is 9. The van der Waals surface area contributed by atoms with E-state index in [1.165, 1.54) is 24.2 Å². The molecule has 2 amide bonds. The highest BCUT2D eigenvalue weighted by Gasteiger charge is 2.31. The molecule has 2 aromatic rings. The highest BCUT2D eigenvalue weighted by molar-refractivity contribution is 7.14. The number of nitrogens with zero attached hydrogens (tertiary/aromatic N) is 1. The predicted molar refractivity (Wildman–Crippen MR) is 129 cm³/mol. The number of carbonyl (C=O) groups excluding carboxylic acids is 2. The van der Waals surface area contributed by atoms with Gasteiger partial charge in [-0.25, -0.2) is 0 Å². The van der Waals surface area contributed by atoms with Crippen molar-refractivity contribution in [3.63, 3.8) is 0 Å². The molecule has 0 aliphatic heterocycles. The second-order valence-electron chi connectivity index (χ2n) is 9.05. The first-order valence-corrected chi connectivity index (χ1v) is 12.7. The van der Waals surface area contributed by atoms with Gasteiger partial charge in [0.2, 0.25) is 5.91 Å². The molecular formula is C24H31ClN4O2S. The van der Waals surface area contributed by atoms with Crippen molar-refractivity contribution in [2.24, 2.45) is 5.92 Å². The van der Waals surface area contributed by atoms with Crippen LogP contribution in [0.3, 0.4) is 0 Å². The van der Waals surface area contributed by atoms with Gasteiger partial charge in [-0.3, -0.25) is 14.6 Å². The minimum atomic E-state index is -0.465. The Labute approximate surface area is 198 Å². The highest BCUT2D eigenvalue weighted by atomic mass is 35.5. The summed E-state index contributed by atoms with van der Waals surface area (Å²) in [5.41, 5.74) is 1.74. The molecule has 2 aliphatic carbocycles. The van der Waals surface area contributed by atoms with E-state index in [-0.39, 0.29) is 23.9 Å². The third-order valence-corrected chi connectivity index (χ3v) is 7.77. The second kappa shape index (κ2) is 10.2. The molecule has 2 fully saturated rings. The van der Waals surface area contributed by atoms with Gasteiger partial charge in [-0.2, -0.15) is 0 Å². The Kier molecular flexibility index (Phi) is 7.36. The lowest BCUT2D eigenvalue weighted by Crippen LogP contribution is -2.48. The van der Waals surface area contributed by atoms with Gasteiger partial charge in [0, 0.05) is 17.1 Å². The largest absolute Gasteiger partial charge is 0.376 e. The third-order valence-electron chi connectivity index (χ3n) is 6.29. The summed E-state index contributed by atoms with van der Waals surface area (Å²) in [6.07, 6.45) is 9.16. The van der Waals surface area contributed by atoms with Crippen molar-refractivity contribution in [2.45, 2.75) is 76.9 Å². The fourth-order valence-electron chi connectivity index (χ4n) is 4.24. The van der Waals surface area contributed by atoms with Gasteiger partial charge < -0.3 is 16.0 Å². The number of aromatic nitrogens is 1. The molecule has 0 spiro atoms. The topological polar surface area (TPSA) is 83.1 Å². The lowest BCUT2D eigenvalue weighted by molar-refractivity contribution is -0.123. The molecule has 4 rings (SSSR count). The number of hydrogen-bond acceptors (Lipinski definition) is 5. The molecular weight excluding hydrogens is 444 g/mol. The number of halogens is 1. The first-order chi connectivity index (χ1) is 15.4. The summed E-state index contributed by atoms with van der Waals surface area (Å²) in [6, 6.07) is 5.46. The van der Waals surface area contributed by atoms with E-state index in [4.69, 9.17) is 11.6 Å². The highest BCUT2D eigenvalue weighted by Crippen LogP contribution is 2.30. The SMILES string of the molecule is Cc1ncc(Cl)cc1NC(C)c1ccc(C(=O)N[C@@H](CC2CCCC2)C(=O)NC2CC2)s1. The fourth-order valence-corrected chi connectivity index (χ4v) is 5.31. The van der Waals surface area contributed by atoms with Crippen LogP contribution in [-0.2, 0) is 4.79 Å². The van der Waals surface area contributed by atoms with Crippen molar-refractivity contribution in [1.82, 2.24) is 15.6 Å². The van der Waals surface area contributed by atoms with E-state index in [9.17, 15) is 9.59 Å². The van der Waals surface area contributed by atoms with Gasteiger partial charge in [-0.1, -0.05) is 37.3 Å². The predicted octanol–water partition coefficient (Wildman–Crippen LogP) is 5.24. The lowest BCUT2D eigenvalue weighted by atomic mass is 9.97. The Morgan fingerprint density at radius 3 is 2.69 bits per heavy atom. The molecule has 0 saturated heterocycles. The minimum Gasteiger partial charge on any atom is -0.376 e. The van der Waals surface area contributed by atoms with Crippen molar-refractivity contribution < 1.29 is 9.59 Å². The number of hydrogen-bond donors (Lipinski definition) is 3. The quantitative estimate of drug-likeness (QED) is 0.464. The van der Waals surface area contributed by atoms with E-state index in [1.807, 2.05) is 32.0 Å². The average Bonchev–Trinajstić information content (AvgIpc) is 3.22. The molecule has 3 N–H and O–H groups in total. The van der Waals surface area contributed by atoms with Crippen LogP contribution >= 0.6 is 22.9 Å². The zero-order valence-corrected chi connectivity index (χ0v) is 20.2. The van der Waals surface area contributed by atoms with E-state index in [2.05, 4.69) is 20.9 Å². The van der Waals surface area contributed by atoms with Crippen molar-refractivity contribution in [2.75, 3.05) is 5.32 Å². The monoisotopic (exact) mass is 474 g/mol. The maximum atomic E-state index is 13.0. The van der Waals surface area contributed by atoms with Crippen LogP contribution in [0, 0.1) is 12.8 Å². The van der Waals surface area contributed by atoms with Crippen LogP contribution in [0.25, 0.3) is 0 Å². The molecule has 2 saturated carbocycles. The summed E-state index contributed by atoms with van der Waals surface area (Å²) in [7, 11) is 0. The Hall–Kier alpha value is -2.12. The van der Waals surface area contributed by atoms with Gasteiger partial charge >= 0.3 is 0 Å². The van der Waals surface area contributed by atoms with E-state index < -0.39 is 6.04 Å². The minimum absolute atomic E-state index is 0.00651. The smallest absolute Gasteiger partial charge is 0.262 e. The normalized spacial score (nSPS) is 18.2. The number of aryl methyl sites for hydroxylation is 1. The summed E-state index contributed by atoms with van der Waals surface area (Å²) in [6.45, 7) is 3.97. The number of pyridine rings is 1. The molecule has 172 valence electrons. The maximum Gasteiger partial charge on any atom is 0.262 e. The maximum absolute atomic E-state index is 13.0. The van der Waals surface area contributed by atoms with Crippen LogP contribution in [0.1, 0.15) is 78.2 Å². The molecule has 32 heavy (non-hydrogen) atoms. The summed E-state index contributed by atoms with van der Waals surface area (Å²) >= 11 is 7.52. The molecule has 0 radical (unpaired) electrons. The van der Waals surface area contributed by atoms with Crippen molar-refractivity contribution in [3.05, 3.63) is 44.9 Å². The van der Waals surface area contributed by atoms with Crippen LogP contribution in [0.15, 0.2) is 24.4 Å². The molecule has 8 heteroatoms. The van der Waals surface area contributed by atoms with E-state index >= 15 is 0 Å². The second-order valence-corrected chi connectivity index (χ2v) is 10.6. The molecule has 2 atom stereocenters. The van der Waals surface area contributed by atoms with Gasteiger partial charge in [0.15, 0.2) is 0 Å². The van der Waals surface area contributed by atoms with Crippen LogP contribution in [0.4, 0.5) is 5.69 Å². The van der Waals surface area contributed by atoms with Crippen molar-refractivity contribution in [3.8, 4) is 0 Å². The molecule has 2 aliphatic rings. The van der Waals surface area contributed by atoms with Crippen LogP contribution in [0.2, 0.25) is 5.02 Å². The van der Waals surface area contributed by atoms with Gasteiger partial charge in [0.05, 0.1) is 27.3 Å². The third kappa shape index (κ3) is 6.01. The van der Waals surface area contributed by atoms with Crippen LogP contribution in [-0.4, -0.2) is 28.9 Å². The Bertz CT molecular complexity index is 969. The Morgan fingerprint density at radius 2 is 1.97 bits per heavy atom. The zero-order chi connectivity index (χ0) is 22.7. The van der Waals surface area contributed by atoms with Gasteiger partial charge in [0.1, 0.15) is 6.04 Å². The van der Waals surface area contributed by atoms with E-state index in [0.717, 1.165) is 48.4 Å². The van der Waals surface area contributed by atoms with Crippen LogP contribution < -0.4 is 16.0 Å².